The van der Waals surface area contributed by atoms with Crippen LogP contribution in [0.2, 0.25) is 0 Å². The molecule has 0 radical (unpaired) electrons. The van der Waals surface area contributed by atoms with Crippen molar-refractivity contribution in [1.82, 2.24) is 25.0 Å². The molecule has 2 aliphatic rings. The van der Waals surface area contributed by atoms with Crippen LogP contribution in [0, 0.1) is 12.7 Å². The molecule has 2 aromatic carbocycles. The van der Waals surface area contributed by atoms with Crippen molar-refractivity contribution < 1.29 is 32.7 Å². The number of carbonyl (C=O) groups is 4. The highest BCUT2D eigenvalue weighted by molar-refractivity contribution is 6.07. The van der Waals surface area contributed by atoms with E-state index in [0.29, 0.717) is 53.8 Å². The predicted octanol–water partition coefficient (Wildman–Crippen LogP) is 2.95. The van der Waals surface area contributed by atoms with Gasteiger partial charge in [0.25, 0.3) is 0 Å². The fourth-order valence-corrected chi connectivity index (χ4v) is 5.45. The van der Waals surface area contributed by atoms with Crippen LogP contribution >= 0.6 is 0 Å². The molecule has 5 rings (SSSR count). The Labute approximate surface area is 241 Å². The lowest BCUT2D eigenvalue weighted by atomic mass is 10.1. The van der Waals surface area contributed by atoms with Crippen LogP contribution in [0.5, 0.6) is 5.75 Å². The van der Waals surface area contributed by atoms with Gasteiger partial charge in [0.05, 0.1) is 6.54 Å². The number of likely N-dealkylation sites (tertiary alicyclic amines) is 1. The van der Waals surface area contributed by atoms with Gasteiger partial charge in [0.1, 0.15) is 30.3 Å². The lowest BCUT2D eigenvalue weighted by Crippen LogP contribution is -2.47. The van der Waals surface area contributed by atoms with Crippen LogP contribution in [0.15, 0.2) is 42.6 Å². The fourth-order valence-electron chi connectivity index (χ4n) is 5.45. The van der Waals surface area contributed by atoms with E-state index in [4.69, 9.17) is 4.74 Å². The molecule has 0 saturated carbocycles. The molecule has 2 atom stereocenters. The summed E-state index contributed by atoms with van der Waals surface area (Å²) in [6.45, 7) is 4.83. The number of aryl methyl sites for hydroxylation is 1. The van der Waals surface area contributed by atoms with E-state index in [9.17, 15) is 28.0 Å². The number of Topliss-reactive ketones (excluding diaryl/α,β-unsaturated/α-hetero) is 1. The Morgan fingerprint density at radius 2 is 1.88 bits per heavy atom. The van der Waals surface area contributed by atoms with Crippen molar-refractivity contribution >= 4 is 34.6 Å². The molecule has 10 nitrogen and oxygen atoms in total. The Bertz CT molecular complexity index is 1530. The summed E-state index contributed by atoms with van der Waals surface area (Å²) in [4.78, 5) is 54.2. The first kappa shape index (κ1) is 29.2. The van der Waals surface area contributed by atoms with Crippen molar-refractivity contribution in [3.8, 4) is 5.75 Å². The molecule has 0 aliphatic carbocycles. The third-order valence-corrected chi connectivity index (χ3v) is 7.72. The van der Waals surface area contributed by atoms with Gasteiger partial charge in [-0.2, -0.15) is 0 Å². The van der Waals surface area contributed by atoms with E-state index in [-0.39, 0.29) is 37.6 Å². The SMILES string of the molecule is CC(=O)c1cn(CC(=O)N2C[C@H](F)C[C@H]2C(=O)NCc2cccc(C)c2F)c2ccc(OC(=O)N3CCNCC3)cc12. The van der Waals surface area contributed by atoms with Gasteiger partial charge in [-0.3, -0.25) is 14.4 Å². The first-order valence-corrected chi connectivity index (χ1v) is 13.9. The molecule has 0 unspecified atom stereocenters. The lowest BCUT2D eigenvalue weighted by Gasteiger charge is -2.26. The number of nitrogens with one attached hydrogen (secondary N) is 2. The van der Waals surface area contributed by atoms with Gasteiger partial charge in [0, 0.05) is 67.4 Å². The maximum absolute atomic E-state index is 14.5. The van der Waals surface area contributed by atoms with Crippen molar-refractivity contribution in [3.05, 3.63) is 65.1 Å². The standard InChI is InChI=1S/C30H33F2N5O5/c1-18-4-3-5-20(28(18)32)14-34-29(40)26-12-21(31)15-37(26)27(39)17-36-16-24(19(2)38)23-13-22(6-7-25(23)36)42-30(41)35-10-8-33-9-11-35/h3-7,13,16,21,26,33H,8-12,14-15,17H2,1-2H3,(H,34,40)/t21-,26+/m1/s1. The zero-order valence-electron chi connectivity index (χ0n) is 23.5. The van der Waals surface area contributed by atoms with Crippen LogP contribution in [0.4, 0.5) is 13.6 Å². The molecule has 3 heterocycles. The number of nitrogens with zero attached hydrogens (tertiary/aromatic N) is 3. The van der Waals surface area contributed by atoms with E-state index < -0.39 is 35.9 Å². The van der Waals surface area contributed by atoms with Gasteiger partial charge in [0.15, 0.2) is 5.78 Å². The molecular formula is C30H33F2N5O5. The lowest BCUT2D eigenvalue weighted by molar-refractivity contribution is -0.139. The first-order chi connectivity index (χ1) is 20.1. The topological polar surface area (TPSA) is 113 Å². The van der Waals surface area contributed by atoms with Crippen LogP contribution in [0.1, 0.15) is 34.8 Å². The number of amides is 3. The number of ether oxygens (including phenoxy) is 1. The van der Waals surface area contributed by atoms with Gasteiger partial charge in [-0.25, -0.2) is 13.6 Å². The third-order valence-electron chi connectivity index (χ3n) is 7.72. The number of rotatable bonds is 7. The molecule has 2 N–H and O–H groups in total. The van der Waals surface area contributed by atoms with Gasteiger partial charge < -0.3 is 29.7 Å². The van der Waals surface area contributed by atoms with E-state index in [1.165, 1.54) is 18.0 Å². The number of alkyl halides is 1. The molecule has 3 aromatic rings. The number of ketones is 1. The highest BCUT2D eigenvalue weighted by Crippen LogP contribution is 2.28. The summed E-state index contributed by atoms with van der Waals surface area (Å²) in [5.41, 5.74) is 1.61. The number of hydrogen-bond acceptors (Lipinski definition) is 6. The zero-order chi connectivity index (χ0) is 30.0. The highest BCUT2D eigenvalue weighted by Gasteiger charge is 2.39. The maximum atomic E-state index is 14.5. The summed E-state index contributed by atoms with van der Waals surface area (Å²) < 4.78 is 36.0. The van der Waals surface area contributed by atoms with E-state index in [2.05, 4.69) is 10.6 Å². The van der Waals surface area contributed by atoms with E-state index in [1.807, 2.05) is 0 Å². The summed E-state index contributed by atoms with van der Waals surface area (Å²) in [7, 11) is 0. The summed E-state index contributed by atoms with van der Waals surface area (Å²) in [6, 6.07) is 8.62. The molecule has 0 bridgehead atoms. The van der Waals surface area contributed by atoms with Crippen LogP contribution < -0.4 is 15.4 Å². The zero-order valence-corrected chi connectivity index (χ0v) is 23.5. The average molecular weight is 582 g/mol. The van der Waals surface area contributed by atoms with E-state index >= 15 is 0 Å². The maximum Gasteiger partial charge on any atom is 0.415 e. The van der Waals surface area contributed by atoms with Gasteiger partial charge in [-0.1, -0.05) is 18.2 Å². The monoisotopic (exact) mass is 581 g/mol. The Kier molecular flexibility index (Phi) is 8.53. The van der Waals surface area contributed by atoms with Gasteiger partial charge in [-0.05, 0) is 37.6 Å². The summed E-state index contributed by atoms with van der Waals surface area (Å²) in [5, 5.41) is 6.30. The number of fused-ring (bicyclic) bond motifs is 1. The Balaban J connectivity index is 1.31. The van der Waals surface area contributed by atoms with E-state index in [0.717, 1.165) is 0 Å². The Morgan fingerprint density at radius 1 is 1.12 bits per heavy atom. The second-order valence-corrected chi connectivity index (χ2v) is 10.7. The van der Waals surface area contributed by atoms with Crippen molar-refractivity contribution in [2.45, 2.75) is 45.6 Å². The van der Waals surface area contributed by atoms with Crippen molar-refractivity contribution in [3.63, 3.8) is 0 Å². The second kappa shape index (κ2) is 12.3. The average Bonchev–Trinajstić information content (AvgIpc) is 3.54. The van der Waals surface area contributed by atoms with Crippen LogP contribution in [-0.2, 0) is 22.7 Å². The van der Waals surface area contributed by atoms with Crippen LogP contribution in [0.3, 0.4) is 0 Å². The number of halogens is 2. The summed E-state index contributed by atoms with van der Waals surface area (Å²) in [6.07, 6.45) is -0.506. The number of piperazine rings is 1. The molecule has 2 fully saturated rings. The largest absolute Gasteiger partial charge is 0.415 e. The van der Waals surface area contributed by atoms with Gasteiger partial charge in [0.2, 0.25) is 11.8 Å². The Hall–Kier alpha value is -4.32. The highest BCUT2D eigenvalue weighted by atomic mass is 19.1. The van der Waals surface area contributed by atoms with E-state index in [1.54, 1.807) is 52.8 Å². The number of benzene rings is 2. The molecule has 2 saturated heterocycles. The molecule has 0 spiro atoms. The smallest absolute Gasteiger partial charge is 0.410 e. The normalized spacial score (nSPS) is 18.8. The minimum absolute atomic E-state index is 0.0897. The van der Waals surface area contributed by atoms with Crippen LogP contribution in [0.25, 0.3) is 10.9 Å². The minimum Gasteiger partial charge on any atom is -0.410 e. The number of aromatic nitrogens is 1. The van der Waals surface area contributed by atoms with Crippen molar-refractivity contribution in [1.29, 1.82) is 0 Å². The Morgan fingerprint density at radius 3 is 2.62 bits per heavy atom. The van der Waals surface area contributed by atoms with Gasteiger partial charge >= 0.3 is 6.09 Å². The summed E-state index contributed by atoms with van der Waals surface area (Å²) >= 11 is 0. The molecule has 1 aromatic heterocycles. The van der Waals surface area contributed by atoms with Crippen LogP contribution in [-0.4, -0.2) is 83.0 Å². The number of hydrogen-bond donors (Lipinski definition) is 2. The molecule has 222 valence electrons. The molecule has 2 aliphatic heterocycles. The predicted molar refractivity (Wildman–Crippen MR) is 150 cm³/mol. The quantitative estimate of drug-likeness (QED) is 0.415. The summed E-state index contributed by atoms with van der Waals surface area (Å²) in [5.74, 6) is -1.48. The molecule has 12 heteroatoms. The molecule has 3 amide bonds. The first-order valence-electron chi connectivity index (χ1n) is 13.9. The molecular weight excluding hydrogens is 548 g/mol. The second-order valence-electron chi connectivity index (χ2n) is 10.7. The molecule has 42 heavy (non-hydrogen) atoms. The third kappa shape index (κ3) is 6.13. The van der Waals surface area contributed by atoms with Crippen molar-refractivity contribution in [2.75, 3.05) is 32.7 Å². The number of carbonyl (C=O) groups excluding carboxylic acids is 4. The minimum atomic E-state index is -1.39. The van der Waals surface area contributed by atoms with Gasteiger partial charge in [-0.15, -0.1) is 0 Å². The van der Waals surface area contributed by atoms with Crippen molar-refractivity contribution in [2.24, 2.45) is 0 Å². The fraction of sp³-hybridized carbons (Fsp3) is 0.400.